The fourth-order valence-corrected chi connectivity index (χ4v) is 3.41. The maximum Gasteiger partial charge on any atom is 0.294 e. The number of fused-ring (bicyclic) bond motifs is 1. The van der Waals surface area contributed by atoms with E-state index in [1.54, 1.807) is 28.8 Å². The van der Waals surface area contributed by atoms with Gasteiger partial charge in [0.2, 0.25) is 0 Å². The number of nitrogens with zero attached hydrogens (tertiary/aromatic N) is 1. The molecule has 6 heteroatoms. The zero-order valence-corrected chi connectivity index (χ0v) is 12.9. The molecule has 0 radical (unpaired) electrons. The minimum atomic E-state index is -0.144. The van der Waals surface area contributed by atoms with Crippen molar-refractivity contribution in [3.8, 4) is 0 Å². The van der Waals surface area contributed by atoms with Crippen molar-refractivity contribution in [2.45, 2.75) is 4.90 Å². The number of hydrogen-bond acceptors (Lipinski definition) is 3. The second-order valence-electron chi connectivity index (χ2n) is 4.02. The molecule has 1 aliphatic heterocycles. The molecule has 0 fully saturated rings. The van der Waals surface area contributed by atoms with Crippen molar-refractivity contribution >= 4 is 50.9 Å². The number of hydrogen-bond donors (Lipinski definition) is 0. The van der Waals surface area contributed by atoms with Gasteiger partial charge in [-0.2, -0.15) is 0 Å². The Morgan fingerprint density at radius 3 is 2.95 bits per heavy atom. The third-order valence-electron chi connectivity index (χ3n) is 2.81. The van der Waals surface area contributed by atoms with E-state index < -0.39 is 0 Å². The molecule has 98 valence electrons. The van der Waals surface area contributed by atoms with Gasteiger partial charge in [-0.3, -0.25) is 4.79 Å². The van der Waals surface area contributed by atoms with Crippen molar-refractivity contribution in [1.29, 1.82) is 0 Å². The van der Waals surface area contributed by atoms with Gasteiger partial charge in [0.05, 0.1) is 5.69 Å². The predicted octanol–water partition coefficient (Wildman–Crippen LogP) is 4.45. The molecule has 2 heterocycles. The summed E-state index contributed by atoms with van der Waals surface area (Å²) >= 11 is 11.0. The topological polar surface area (TPSA) is 33.5 Å². The summed E-state index contributed by atoms with van der Waals surface area (Å²) < 4.78 is 5.88. The van der Waals surface area contributed by atoms with E-state index in [1.165, 1.54) is 0 Å². The Morgan fingerprint density at radius 2 is 2.21 bits per heavy atom. The Balaban J connectivity index is 1.99. The summed E-state index contributed by atoms with van der Waals surface area (Å²) in [5.74, 6) is 1.04. The van der Waals surface area contributed by atoms with Crippen LogP contribution < -0.4 is 4.90 Å². The van der Waals surface area contributed by atoms with Crippen molar-refractivity contribution in [2.24, 2.45) is 0 Å². The van der Waals surface area contributed by atoms with E-state index in [-0.39, 0.29) is 5.91 Å². The predicted molar refractivity (Wildman–Crippen MR) is 80.3 cm³/mol. The summed E-state index contributed by atoms with van der Waals surface area (Å²) in [7, 11) is 0. The van der Waals surface area contributed by atoms with Crippen LogP contribution in [0.1, 0.15) is 10.6 Å². The largest absolute Gasteiger partial charge is 0.444 e. The van der Waals surface area contributed by atoms with Gasteiger partial charge in [0.25, 0.3) is 5.91 Å². The third-order valence-corrected chi connectivity index (χ3v) is 4.52. The lowest BCUT2D eigenvalue weighted by Gasteiger charge is -2.28. The first-order valence-corrected chi connectivity index (χ1v) is 7.80. The maximum absolute atomic E-state index is 12.4. The van der Waals surface area contributed by atoms with E-state index in [0.29, 0.717) is 22.0 Å². The highest BCUT2D eigenvalue weighted by molar-refractivity contribution is 9.10. The molecule has 3 rings (SSSR count). The Morgan fingerprint density at radius 1 is 1.37 bits per heavy atom. The molecule has 1 aromatic carbocycles. The van der Waals surface area contributed by atoms with Crippen LogP contribution in [0.15, 0.2) is 44.3 Å². The van der Waals surface area contributed by atoms with Crippen LogP contribution in [0.3, 0.4) is 0 Å². The molecular weight excluding hydrogens is 350 g/mol. The second kappa shape index (κ2) is 5.23. The van der Waals surface area contributed by atoms with Crippen molar-refractivity contribution < 1.29 is 9.21 Å². The number of halogens is 2. The summed E-state index contributed by atoms with van der Waals surface area (Å²) in [5, 5.41) is 0.625. The lowest BCUT2D eigenvalue weighted by Crippen LogP contribution is -2.35. The molecule has 0 unspecified atom stereocenters. The molecule has 1 aliphatic rings. The normalized spacial score (nSPS) is 14.3. The van der Waals surface area contributed by atoms with Crippen molar-refractivity contribution in [2.75, 3.05) is 17.2 Å². The first kappa shape index (κ1) is 13.1. The first-order chi connectivity index (χ1) is 9.15. The fourth-order valence-electron chi connectivity index (χ4n) is 1.96. The summed E-state index contributed by atoms with van der Waals surface area (Å²) in [6.07, 6.45) is 0. The molecule has 0 spiro atoms. The minimum absolute atomic E-state index is 0.144. The molecular formula is C13H9BrClNO2S. The molecule has 0 aliphatic carbocycles. The summed E-state index contributed by atoms with van der Waals surface area (Å²) in [6.45, 7) is 0.648. The number of carbonyl (C=O) groups is 1. The monoisotopic (exact) mass is 357 g/mol. The third kappa shape index (κ3) is 2.55. The number of benzene rings is 1. The van der Waals surface area contributed by atoms with Crippen molar-refractivity contribution in [3.05, 3.63) is 45.8 Å². The molecule has 0 saturated carbocycles. The van der Waals surface area contributed by atoms with Crippen LogP contribution >= 0.6 is 39.3 Å². The summed E-state index contributed by atoms with van der Waals surface area (Å²) in [4.78, 5) is 15.2. The molecule has 0 atom stereocenters. The van der Waals surface area contributed by atoms with Gasteiger partial charge in [0.1, 0.15) is 0 Å². The van der Waals surface area contributed by atoms with Crippen LogP contribution in [0.2, 0.25) is 5.02 Å². The van der Waals surface area contributed by atoms with Gasteiger partial charge in [0, 0.05) is 22.2 Å². The average Bonchev–Trinajstić information content (AvgIpc) is 2.84. The van der Waals surface area contributed by atoms with Crippen molar-refractivity contribution in [3.63, 3.8) is 0 Å². The number of anilines is 1. The van der Waals surface area contributed by atoms with Gasteiger partial charge in [-0.05, 0) is 46.3 Å². The van der Waals surface area contributed by atoms with Crippen LogP contribution in [0.4, 0.5) is 5.69 Å². The summed E-state index contributed by atoms with van der Waals surface area (Å²) in [6, 6.07) is 8.98. The smallest absolute Gasteiger partial charge is 0.294 e. The molecule has 19 heavy (non-hydrogen) atoms. The van der Waals surface area contributed by atoms with Gasteiger partial charge in [-0.1, -0.05) is 11.6 Å². The molecule has 0 N–H and O–H groups in total. The van der Waals surface area contributed by atoms with Crippen LogP contribution in [0, 0.1) is 0 Å². The van der Waals surface area contributed by atoms with Gasteiger partial charge in [0.15, 0.2) is 10.4 Å². The molecule has 1 aromatic heterocycles. The Kier molecular flexibility index (Phi) is 3.60. The number of amides is 1. The van der Waals surface area contributed by atoms with E-state index in [2.05, 4.69) is 15.9 Å². The highest BCUT2D eigenvalue weighted by Gasteiger charge is 2.26. The molecule has 2 aromatic rings. The van der Waals surface area contributed by atoms with Crippen LogP contribution in [0.25, 0.3) is 0 Å². The van der Waals surface area contributed by atoms with E-state index in [9.17, 15) is 4.79 Å². The highest BCUT2D eigenvalue weighted by Crippen LogP contribution is 2.37. The fraction of sp³-hybridized carbons (Fsp3) is 0.154. The van der Waals surface area contributed by atoms with Crippen LogP contribution in [-0.4, -0.2) is 18.2 Å². The lowest BCUT2D eigenvalue weighted by molar-refractivity contribution is 0.0960. The van der Waals surface area contributed by atoms with E-state index in [4.69, 9.17) is 16.0 Å². The number of thioether (sulfide) groups is 1. The molecule has 3 nitrogen and oxygen atoms in total. The summed E-state index contributed by atoms with van der Waals surface area (Å²) in [5.41, 5.74) is 0.848. The molecule has 0 bridgehead atoms. The van der Waals surface area contributed by atoms with Gasteiger partial charge in [-0.15, -0.1) is 11.8 Å². The second-order valence-corrected chi connectivity index (χ2v) is 6.38. The van der Waals surface area contributed by atoms with E-state index in [0.717, 1.165) is 16.3 Å². The molecule has 0 saturated heterocycles. The van der Waals surface area contributed by atoms with Gasteiger partial charge in [-0.25, -0.2) is 0 Å². The Labute approximate surface area is 128 Å². The Bertz CT molecular complexity index is 643. The highest BCUT2D eigenvalue weighted by atomic mass is 79.9. The zero-order chi connectivity index (χ0) is 13.4. The average molecular weight is 359 g/mol. The van der Waals surface area contributed by atoms with Crippen LogP contribution in [0.5, 0.6) is 0 Å². The standard InChI is InChI=1S/C13H9BrClNO2S/c14-12-4-2-10(18-12)13(17)16-5-6-19-11-3-1-8(15)7-9(11)16/h1-4,7H,5-6H2. The van der Waals surface area contributed by atoms with E-state index in [1.807, 2.05) is 18.2 Å². The lowest BCUT2D eigenvalue weighted by atomic mass is 10.2. The maximum atomic E-state index is 12.4. The molecule has 1 amide bonds. The SMILES string of the molecule is O=C(c1ccc(Br)o1)N1CCSc2ccc(Cl)cc21. The van der Waals surface area contributed by atoms with Gasteiger partial charge < -0.3 is 9.32 Å². The van der Waals surface area contributed by atoms with E-state index >= 15 is 0 Å². The zero-order valence-electron chi connectivity index (χ0n) is 9.73. The minimum Gasteiger partial charge on any atom is -0.444 e. The quantitative estimate of drug-likeness (QED) is 0.755. The first-order valence-electron chi connectivity index (χ1n) is 5.65. The number of rotatable bonds is 1. The van der Waals surface area contributed by atoms with Crippen molar-refractivity contribution in [1.82, 2.24) is 0 Å². The van der Waals surface area contributed by atoms with Gasteiger partial charge >= 0.3 is 0 Å². The number of furan rings is 1. The Hall–Kier alpha value is -0.910. The number of carbonyl (C=O) groups excluding carboxylic acids is 1. The van der Waals surface area contributed by atoms with Crippen LogP contribution in [-0.2, 0) is 0 Å².